The Morgan fingerprint density at radius 2 is 1.69 bits per heavy atom. The summed E-state index contributed by atoms with van der Waals surface area (Å²) in [6.07, 6.45) is 3.14. The number of anilines is 1. The van der Waals surface area contributed by atoms with Crippen LogP contribution in [0.1, 0.15) is 21.5 Å². The van der Waals surface area contributed by atoms with Crippen molar-refractivity contribution < 1.29 is 19.1 Å². The van der Waals surface area contributed by atoms with Crippen molar-refractivity contribution in [2.75, 3.05) is 12.4 Å². The first-order chi connectivity index (χ1) is 14.1. The van der Waals surface area contributed by atoms with E-state index in [1.807, 2.05) is 54.6 Å². The van der Waals surface area contributed by atoms with E-state index in [0.717, 1.165) is 16.9 Å². The first-order valence-corrected chi connectivity index (χ1v) is 9.08. The molecular formula is C24H21NO4. The molecule has 0 spiro atoms. The number of ether oxygens (including phenoxy) is 2. The second kappa shape index (κ2) is 9.90. The predicted octanol–water partition coefficient (Wildman–Crippen LogP) is 4.70. The molecule has 0 saturated heterocycles. The van der Waals surface area contributed by atoms with Crippen LogP contribution in [0, 0.1) is 0 Å². The van der Waals surface area contributed by atoms with Crippen LogP contribution in [0.5, 0.6) is 5.75 Å². The lowest BCUT2D eigenvalue weighted by Gasteiger charge is -2.06. The van der Waals surface area contributed by atoms with Crippen molar-refractivity contribution in [2.24, 2.45) is 0 Å². The second-order valence-corrected chi connectivity index (χ2v) is 6.24. The van der Waals surface area contributed by atoms with Crippen LogP contribution >= 0.6 is 0 Å². The van der Waals surface area contributed by atoms with Crippen LogP contribution < -0.4 is 10.1 Å². The Labute approximate surface area is 169 Å². The summed E-state index contributed by atoms with van der Waals surface area (Å²) in [5.41, 5.74) is 2.87. The fourth-order valence-electron chi connectivity index (χ4n) is 2.61. The zero-order chi connectivity index (χ0) is 20.5. The Kier molecular flexibility index (Phi) is 6.79. The van der Waals surface area contributed by atoms with Gasteiger partial charge < -0.3 is 14.8 Å². The number of methoxy groups -OCH3 is 1. The van der Waals surface area contributed by atoms with Gasteiger partial charge in [-0.1, -0.05) is 48.5 Å². The van der Waals surface area contributed by atoms with Crippen molar-refractivity contribution in [3.8, 4) is 5.75 Å². The molecule has 3 rings (SSSR count). The number of carbonyl (C=O) groups excluding carboxylic acids is 2. The molecule has 0 bridgehead atoms. The molecule has 0 heterocycles. The quantitative estimate of drug-likeness (QED) is 0.471. The van der Waals surface area contributed by atoms with Crippen LogP contribution in [0.25, 0.3) is 6.08 Å². The van der Waals surface area contributed by atoms with Gasteiger partial charge in [0.25, 0.3) is 0 Å². The Morgan fingerprint density at radius 3 is 2.41 bits per heavy atom. The van der Waals surface area contributed by atoms with E-state index in [9.17, 15) is 9.59 Å². The monoisotopic (exact) mass is 387 g/mol. The number of nitrogens with one attached hydrogen (secondary N) is 1. The molecule has 5 heteroatoms. The Bertz CT molecular complexity index is 995. The molecular weight excluding hydrogens is 366 g/mol. The third-order valence-corrected chi connectivity index (χ3v) is 4.11. The number of hydrogen-bond donors (Lipinski definition) is 1. The van der Waals surface area contributed by atoms with E-state index in [1.165, 1.54) is 13.2 Å². The second-order valence-electron chi connectivity index (χ2n) is 6.24. The normalized spacial score (nSPS) is 10.5. The topological polar surface area (TPSA) is 64.6 Å². The summed E-state index contributed by atoms with van der Waals surface area (Å²) in [5.74, 6) is 0.0118. The molecule has 0 radical (unpaired) electrons. The summed E-state index contributed by atoms with van der Waals surface area (Å²) >= 11 is 0. The number of carbonyl (C=O) groups is 2. The van der Waals surface area contributed by atoms with Gasteiger partial charge in [0.05, 0.1) is 12.7 Å². The molecule has 146 valence electrons. The zero-order valence-electron chi connectivity index (χ0n) is 16.0. The Balaban J connectivity index is 1.54. The highest BCUT2D eigenvalue weighted by Crippen LogP contribution is 2.16. The Hall–Kier alpha value is -3.86. The van der Waals surface area contributed by atoms with Crippen LogP contribution in [0.2, 0.25) is 0 Å². The molecule has 1 amide bonds. The molecule has 0 atom stereocenters. The molecule has 0 fully saturated rings. The molecule has 0 aliphatic carbocycles. The van der Waals surface area contributed by atoms with Crippen LogP contribution in [-0.2, 0) is 16.1 Å². The first kappa shape index (κ1) is 19.9. The van der Waals surface area contributed by atoms with Gasteiger partial charge in [-0.15, -0.1) is 0 Å². The van der Waals surface area contributed by atoms with Crippen molar-refractivity contribution in [3.63, 3.8) is 0 Å². The minimum Gasteiger partial charge on any atom is -0.489 e. The molecule has 29 heavy (non-hydrogen) atoms. The van der Waals surface area contributed by atoms with E-state index in [-0.39, 0.29) is 5.91 Å². The first-order valence-electron chi connectivity index (χ1n) is 9.08. The summed E-state index contributed by atoms with van der Waals surface area (Å²) in [4.78, 5) is 23.7. The SMILES string of the molecule is COC(=O)c1cccc(NC(=O)C=Cc2ccc(OCc3ccccc3)cc2)c1. The van der Waals surface area contributed by atoms with E-state index in [2.05, 4.69) is 10.1 Å². The molecule has 3 aromatic carbocycles. The maximum absolute atomic E-state index is 12.1. The summed E-state index contributed by atoms with van der Waals surface area (Å²) in [7, 11) is 1.31. The van der Waals surface area contributed by atoms with E-state index >= 15 is 0 Å². The molecule has 0 unspecified atom stereocenters. The summed E-state index contributed by atoms with van der Waals surface area (Å²) < 4.78 is 10.4. The average molecular weight is 387 g/mol. The highest BCUT2D eigenvalue weighted by Gasteiger charge is 2.06. The lowest BCUT2D eigenvalue weighted by atomic mass is 10.2. The average Bonchev–Trinajstić information content (AvgIpc) is 2.77. The van der Waals surface area contributed by atoms with Gasteiger partial charge in [0.1, 0.15) is 12.4 Å². The highest BCUT2D eigenvalue weighted by atomic mass is 16.5. The fourth-order valence-corrected chi connectivity index (χ4v) is 2.61. The molecule has 0 aliphatic rings. The standard InChI is InChI=1S/C24H21NO4/c1-28-24(27)20-8-5-9-21(16-20)25-23(26)15-12-18-10-13-22(14-11-18)29-17-19-6-3-2-4-7-19/h2-16H,17H2,1H3,(H,25,26). The summed E-state index contributed by atoms with van der Waals surface area (Å²) in [6.45, 7) is 0.503. The molecule has 0 aliphatic heterocycles. The molecule has 5 nitrogen and oxygen atoms in total. The van der Waals surface area contributed by atoms with Crippen molar-refractivity contribution in [2.45, 2.75) is 6.61 Å². The van der Waals surface area contributed by atoms with Crippen molar-refractivity contribution in [1.82, 2.24) is 0 Å². The molecule has 1 N–H and O–H groups in total. The predicted molar refractivity (Wildman–Crippen MR) is 113 cm³/mol. The van der Waals surface area contributed by atoms with Crippen LogP contribution in [0.15, 0.2) is 84.9 Å². The minimum atomic E-state index is -0.453. The van der Waals surface area contributed by atoms with Crippen molar-refractivity contribution in [1.29, 1.82) is 0 Å². The lowest BCUT2D eigenvalue weighted by Crippen LogP contribution is -2.09. The third kappa shape index (κ3) is 6.07. The van der Waals surface area contributed by atoms with E-state index < -0.39 is 5.97 Å². The van der Waals surface area contributed by atoms with Crippen LogP contribution in [0.4, 0.5) is 5.69 Å². The van der Waals surface area contributed by atoms with Gasteiger partial charge in [-0.05, 0) is 47.5 Å². The maximum Gasteiger partial charge on any atom is 0.337 e. The van der Waals surface area contributed by atoms with Crippen molar-refractivity contribution in [3.05, 3.63) is 102 Å². The van der Waals surface area contributed by atoms with Crippen LogP contribution in [-0.4, -0.2) is 19.0 Å². The zero-order valence-corrected chi connectivity index (χ0v) is 16.0. The third-order valence-electron chi connectivity index (χ3n) is 4.11. The number of benzene rings is 3. The van der Waals surface area contributed by atoms with Gasteiger partial charge >= 0.3 is 5.97 Å². The molecule has 0 aromatic heterocycles. The summed E-state index contributed by atoms with van der Waals surface area (Å²) in [5, 5.41) is 2.72. The lowest BCUT2D eigenvalue weighted by molar-refractivity contribution is -0.111. The van der Waals surface area contributed by atoms with E-state index in [4.69, 9.17) is 4.74 Å². The number of hydrogen-bond acceptors (Lipinski definition) is 4. The van der Waals surface area contributed by atoms with Gasteiger partial charge in [0, 0.05) is 11.8 Å². The summed E-state index contributed by atoms with van der Waals surface area (Å²) in [6, 6.07) is 24.0. The number of rotatable bonds is 7. The van der Waals surface area contributed by atoms with Gasteiger partial charge in [-0.3, -0.25) is 4.79 Å². The van der Waals surface area contributed by atoms with E-state index in [1.54, 1.807) is 30.3 Å². The van der Waals surface area contributed by atoms with Gasteiger partial charge in [-0.2, -0.15) is 0 Å². The number of esters is 1. The molecule has 0 saturated carbocycles. The fraction of sp³-hybridized carbons (Fsp3) is 0.0833. The maximum atomic E-state index is 12.1. The largest absolute Gasteiger partial charge is 0.489 e. The Morgan fingerprint density at radius 1 is 0.931 bits per heavy atom. The van der Waals surface area contributed by atoms with Gasteiger partial charge in [0.15, 0.2) is 0 Å². The van der Waals surface area contributed by atoms with Crippen molar-refractivity contribution >= 4 is 23.6 Å². The highest BCUT2D eigenvalue weighted by molar-refractivity contribution is 6.02. The molecule has 3 aromatic rings. The van der Waals surface area contributed by atoms with E-state index in [0.29, 0.717) is 17.9 Å². The number of amides is 1. The smallest absolute Gasteiger partial charge is 0.337 e. The minimum absolute atomic E-state index is 0.295. The van der Waals surface area contributed by atoms with Gasteiger partial charge in [-0.25, -0.2) is 4.79 Å². The van der Waals surface area contributed by atoms with Crippen LogP contribution in [0.3, 0.4) is 0 Å². The van der Waals surface area contributed by atoms with Gasteiger partial charge in [0.2, 0.25) is 5.91 Å².